The Morgan fingerprint density at radius 2 is 2.22 bits per heavy atom. The first kappa shape index (κ1) is 18.9. The number of aliphatic hydroxyl groups is 1. The van der Waals surface area contributed by atoms with E-state index in [9.17, 15) is 5.11 Å². The maximum Gasteiger partial charge on any atom is 0.273 e. The highest BCUT2D eigenvalue weighted by Crippen LogP contribution is 2.44. The zero-order chi connectivity index (χ0) is 18.9. The van der Waals surface area contributed by atoms with Crippen LogP contribution in [0.3, 0.4) is 0 Å². The number of benzene rings is 1. The molecule has 0 aliphatic heterocycles. The minimum Gasteiger partial charge on any atom is -0.470 e. The first-order valence-electron chi connectivity index (χ1n) is 10.3. The van der Waals surface area contributed by atoms with Crippen molar-refractivity contribution in [2.24, 2.45) is 5.73 Å². The molecule has 1 aromatic carbocycles. The molecule has 27 heavy (non-hydrogen) atoms. The number of thiazole rings is 1. The number of nitrogens with two attached hydrogens (primary N) is 1. The van der Waals surface area contributed by atoms with Crippen LogP contribution in [0.25, 0.3) is 10.4 Å². The van der Waals surface area contributed by atoms with Gasteiger partial charge in [0.15, 0.2) is 0 Å². The summed E-state index contributed by atoms with van der Waals surface area (Å²) >= 11 is 1.69. The SMILES string of the molecule is CCCCCOc1nc2c(s1)-c1ccc([C@H]3CC[C@](N)(CO)C3)cc1CC2. The Kier molecular flexibility index (Phi) is 5.53. The Morgan fingerprint density at radius 1 is 1.33 bits per heavy atom. The Hall–Kier alpha value is -1.43. The first-order chi connectivity index (χ1) is 13.1. The number of hydrogen-bond donors (Lipinski definition) is 2. The van der Waals surface area contributed by atoms with E-state index in [4.69, 9.17) is 15.5 Å². The van der Waals surface area contributed by atoms with Crippen LogP contribution in [-0.4, -0.2) is 28.8 Å². The van der Waals surface area contributed by atoms with Crippen LogP contribution in [0.4, 0.5) is 0 Å². The molecule has 0 saturated heterocycles. The zero-order valence-electron chi connectivity index (χ0n) is 16.2. The highest BCUT2D eigenvalue weighted by molar-refractivity contribution is 7.17. The van der Waals surface area contributed by atoms with Gasteiger partial charge in [-0.05, 0) is 61.1 Å². The van der Waals surface area contributed by atoms with Crippen LogP contribution in [0.15, 0.2) is 18.2 Å². The van der Waals surface area contributed by atoms with Gasteiger partial charge < -0.3 is 15.6 Å². The number of ether oxygens (including phenoxy) is 1. The van der Waals surface area contributed by atoms with Crippen LogP contribution in [0.5, 0.6) is 5.19 Å². The van der Waals surface area contributed by atoms with E-state index in [1.165, 1.54) is 40.1 Å². The Labute approximate surface area is 165 Å². The third-order valence-corrected chi connectivity index (χ3v) is 7.13. The van der Waals surface area contributed by atoms with Gasteiger partial charge in [0.2, 0.25) is 0 Å². The van der Waals surface area contributed by atoms with Gasteiger partial charge in [0.05, 0.1) is 23.8 Å². The molecular weight excluding hydrogens is 356 g/mol. The Bertz CT molecular complexity index is 804. The van der Waals surface area contributed by atoms with Crippen molar-refractivity contribution in [2.75, 3.05) is 13.2 Å². The molecule has 1 heterocycles. The summed E-state index contributed by atoms with van der Waals surface area (Å²) in [5.41, 5.74) is 11.2. The third-order valence-electron chi connectivity index (χ3n) is 6.09. The lowest BCUT2D eigenvalue weighted by Gasteiger charge is -2.22. The van der Waals surface area contributed by atoms with Crippen molar-refractivity contribution in [3.63, 3.8) is 0 Å². The largest absolute Gasteiger partial charge is 0.470 e. The number of aromatic nitrogens is 1. The lowest BCUT2D eigenvalue weighted by molar-refractivity contribution is 0.198. The predicted molar refractivity (Wildman–Crippen MR) is 111 cm³/mol. The molecule has 0 unspecified atom stereocenters. The standard InChI is InChI=1S/C22H30N2O2S/c1-2-3-4-11-26-21-24-19-8-6-16-12-15(5-7-18(16)20(19)27-21)17-9-10-22(23,13-17)14-25/h5,7,12,17,25H,2-4,6,8-11,13-14,23H2,1H3/t17-,22+/m0/s1. The number of aliphatic hydroxyl groups excluding tert-OH is 1. The molecule has 0 amide bonds. The molecule has 2 aromatic rings. The average molecular weight is 387 g/mol. The van der Waals surface area contributed by atoms with E-state index < -0.39 is 5.54 Å². The number of rotatable bonds is 7. The summed E-state index contributed by atoms with van der Waals surface area (Å²) in [5, 5.41) is 10.4. The Balaban J connectivity index is 1.51. The molecule has 2 aliphatic carbocycles. The molecule has 2 atom stereocenters. The van der Waals surface area contributed by atoms with Crippen LogP contribution in [0.2, 0.25) is 0 Å². The van der Waals surface area contributed by atoms with Crippen LogP contribution >= 0.6 is 11.3 Å². The molecule has 0 bridgehead atoms. The summed E-state index contributed by atoms with van der Waals surface area (Å²) in [6.45, 7) is 3.05. The lowest BCUT2D eigenvalue weighted by atomic mass is 9.87. The first-order valence-corrected chi connectivity index (χ1v) is 11.1. The van der Waals surface area contributed by atoms with Crippen LogP contribution in [0.1, 0.15) is 68.2 Å². The fraction of sp³-hybridized carbons (Fsp3) is 0.591. The normalized spacial score (nSPS) is 23.9. The van der Waals surface area contributed by atoms with Crippen molar-refractivity contribution in [1.29, 1.82) is 0 Å². The summed E-state index contributed by atoms with van der Waals surface area (Å²) in [4.78, 5) is 6.01. The summed E-state index contributed by atoms with van der Waals surface area (Å²) < 4.78 is 5.89. The highest BCUT2D eigenvalue weighted by atomic mass is 32.1. The van der Waals surface area contributed by atoms with E-state index in [0.29, 0.717) is 5.92 Å². The van der Waals surface area contributed by atoms with Crippen LogP contribution in [-0.2, 0) is 12.8 Å². The molecule has 5 heteroatoms. The predicted octanol–water partition coefficient (Wildman–Crippen LogP) is 4.44. The summed E-state index contributed by atoms with van der Waals surface area (Å²) in [5.74, 6) is 0.466. The van der Waals surface area contributed by atoms with Gasteiger partial charge in [-0.2, -0.15) is 0 Å². The van der Waals surface area contributed by atoms with Crippen molar-refractivity contribution in [3.8, 4) is 15.6 Å². The number of aryl methyl sites for hydroxylation is 2. The molecule has 1 fully saturated rings. The van der Waals surface area contributed by atoms with E-state index in [0.717, 1.165) is 50.3 Å². The van der Waals surface area contributed by atoms with Gasteiger partial charge in [-0.3, -0.25) is 0 Å². The van der Waals surface area contributed by atoms with Crippen molar-refractivity contribution in [3.05, 3.63) is 35.0 Å². The molecule has 0 radical (unpaired) electrons. The molecule has 1 saturated carbocycles. The Morgan fingerprint density at radius 3 is 3.00 bits per heavy atom. The van der Waals surface area contributed by atoms with E-state index in [1.54, 1.807) is 11.3 Å². The van der Waals surface area contributed by atoms with Gasteiger partial charge in [-0.1, -0.05) is 49.3 Å². The van der Waals surface area contributed by atoms with Gasteiger partial charge >= 0.3 is 0 Å². The molecule has 4 rings (SSSR count). The van der Waals surface area contributed by atoms with Gasteiger partial charge in [-0.15, -0.1) is 0 Å². The second kappa shape index (κ2) is 7.90. The van der Waals surface area contributed by atoms with E-state index in [-0.39, 0.29) is 6.61 Å². The molecule has 1 aromatic heterocycles. The highest BCUT2D eigenvalue weighted by Gasteiger charge is 2.36. The quantitative estimate of drug-likeness (QED) is 0.691. The molecular formula is C22H30N2O2S. The number of unbranched alkanes of at least 4 members (excludes halogenated alkanes) is 2. The van der Waals surface area contributed by atoms with Crippen LogP contribution in [0, 0.1) is 0 Å². The number of fused-ring (bicyclic) bond motifs is 3. The minimum atomic E-state index is -0.393. The lowest BCUT2D eigenvalue weighted by Crippen LogP contribution is -2.40. The van der Waals surface area contributed by atoms with Gasteiger partial charge in [0.1, 0.15) is 0 Å². The van der Waals surface area contributed by atoms with Crippen LogP contribution < -0.4 is 10.5 Å². The zero-order valence-corrected chi connectivity index (χ0v) is 17.0. The molecule has 2 aliphatic rings. The van der Waals surface area contributed by atoms with Gasteiger partial charge in [0.25, 0.3) is 5.19 Å². The topological polar surface area (TPSA) is 68.4 Å². The van der Waals surface area contributed by atoms with Gasteiger partial charge in [0, 0.05) is 5.54 Å². The molecule has 0 spiro atoms. The monoisotopic (exact) mass is 386 g/mol. The fourth-order valence-electron chi connectivity index (χ4n) is 4.42. The summed E-state index contributed by atoms with van der Waals surface area (Å²) in [7, 11) is 0. The van der Waals surface area contributed by atoms with Crippen molar-refractivity contribution in [1.82, 2.24) is 4.98 Å². The number of hydrogen-bond acceptors (Lipinski definition) is 5. The van der Waals surface area contributed by atoms with Crippen molar-refractivity contribution >= 4 is 11.3 Å². The van der Waals surface area contributed by atoms with Gasteiger partial charge in [-0.25, -0.2) is 4.98 Å². The second-order valence-corrected chi connectivity index (χ2v) is 9.15. The second-order valence-electron chi connectivity index (χ2n) is 8.19. The smallest absolute Gasteiger partial charge is 0.273 e. The van der Waals surface area contributed by atoms with E-state index >= 15 is 0 Å². The minimum absolute atomic E-state index is 0.0830. The maximum absolute atomic E-state index is 9.54. The number of nitrogens with zero attached hydrogens (tertiary/aromatic N) is 1. The van der Waals surface area contributed by atoms with E-state index in [1.807, 2.05) is 0 Å². The summed E-state index contributed by atoms with van der Waals surface area (Å²) in [6, 6.07) is 6.88. The third kappa shape index (κ3) is 3.91. The average Bonchev–Trinajstić information content (AvgIpc) is 3.29. The van der Waals surface area contributed by atoms with Crippen molar-refractivity contribution < 1.29 is 9.84 Å². The molecule has 146 valence electrons. The molecule has 3 N–H and O–H groups in total. The fourth-order valence-corrected chi connectivity index (χ4v) is 5.46. The van der Waals surface area contributed by atoms with E-state index in [2.05, 4.69) is 25.1 Å². The maximum atomic E-state index is 9.54. The molecule has 4 nitrogen and oxygen atoms in total. The summed E-state index contributed by atoms with van der Waals surface area (Å²) in [6.07, 6.45) is 8.39. The van der Waals surface area contributed by atoms with Crippen molar-refractivity contribution in [2.45, 2.75) is 69.7 Å².